The number of carbonyl (C=O) groups is 1. The molecule has 9 nitrogen and oxygen atoms in total. The van der Waals surface area contributed by atoms with Crippen LogP contribution < -0.4 is 20.3 Å². The zero-order chi connectivity index (χ0) is 26.1. The summed E-state index contributed by atoms with van der Waals surface area (Å²) in [7, 11) is 0. The van der Waals surface area contributed by atoms with Crippen molar-refractivity contribution in [1.29, 1.82) is 0 Å². The monoisotopic (exact) mass is 539 g/mol. The first-order valence-corrected chi connectivity index (χ1v) is 12.8. The number of amides is 1. The molecule has 1 aliphatic rings. The van der Waals surface area contributed by atoms with Gasteiger partial charge in [-0.2, -0.15) is 5.10 Å². The summed E-state index contributed by atoms with van der Waals surface area (Å²) in [6.07, 6.45) is 4.39. The minimum atomic E-state index is -0.436. The number of carbonyl (C=O) groups excluding carboxylic acids is 1. The number of nitrogens with one attached hydrogen (secondary N) is 3. The van der Waals surface area contributed by atoms with E-state index in [4.69, 9.17) is 27.9 Å². The number of rotatable bonds is 6. The molecular weight excluding hydrogens is 513 g/mol. The predicted octanol–water partition coefficient (Wildman–Crippen LogP) is 5.24. The molecule has 3 atom stereocenters. The molecule has 1 fully saturated rings. The summed E-state index contributed by atoms with van der Waals surface area (Å²) in [5.74, 6) is 0.617. The van der Waals surface area contributed by atoms with Gasteiger partial charge in [-0.1, -0.05) is 23.2 Å². The van der Waals surface area contributed by atoms with Gasteiger partial charge in [-0.3, -0.25) is 14.9 Å². The van der Waals surface area contributed by atoms with Crippen molar-refractivity contribution in [1.82, 2.24) is 25.5 Å². The van der Waals surface area contributed by atoms with Gasteiger partial charge in [-0.05, 0) is 51.1 Å². The van der Waals surface area contributed by atoms with Crippen LogP contribution in [0.5, 0.6) is 5.75 Å². The van der Waals surface area contributed by atoms with Crippen molar-refractivity contribution in [3.05, 3.63) is 70.2 Å². The summed E-state index contributed by atoms with van der Waals surface area (Å²) in [5, 5.41) is 14.9. The van der Waals surface area contributed by atoms with Crippen LogP contribution in [0.2, 0.25) is 10.0 Å². The third kappa shape index (κ3) is 5.49. The Balaban J connectivity index is 1.31. The summed E-state index contributed by atoms with van der Waals surface area (Å²) in [6, 6.07) is 9.92. The number of piperazine rings is 1. The Morgan fingerprint density at radius 1 is 1.11 bits per heavy atom. The van der Waals surface area contributed by atoms with Crippen molar-refractivity contribution in [3.8, 4) is 5.75 Å². The maximum atomic E-state index is 13.1. The minimum Gasteiger partial charge on any atom is -0.486 e. The molecular formula is C26H27Cl2N7O2. The van der Waals surface area contributed by atoms with Crippen molar-refractivity contribution in [2.24, 2.45) is 0 Å². The zero-order valence-corrected chi connectivity index (χ0v) is 22.1. The van der Waals surface area contributed by atoms with Crippen molar-refractivity contribution >= 4 is 51.5 Å². The third-order valence-corrected chi connectivity index (χ3v) is 6.87. The number of fused-ring (bicyclic) bond motifs is 1. The fourth-order valence-electron chi connectivity index (χ4n) is 4.67. The Hall–Kier alpha value is -3.40. The fraction of sp³-hybridized carbons (Fsp3) is 0.308. The Morgan fingerprint density at radius 2 is 1.84 bits per heavy atom. The first-order valence-electron chi connectivity index (χ1n) is 12.0. The molecule has 4 heterocycles. The Kier molecular flexibility index (Phi) is 7.19. The Labute approximate surface area is 224 Å². The number of aromatic nitrogens is 4. The smallest absolute Gasteiger partial charge is 0.277 e. The normalized spacial score (nSPS) is 18.6. The average Bonchev–Trinajstić information content (AvgIpc) is 3.27. The van der Waals surface area contributed by atoms with Crippen LogP contribution in [0.25, 0.3) is 10.9 Å². The second-order valence-corrected chi connectivity index (χ2v) is 10.1. The number of aromatic amines is 1. The number of H-pyrrole nitrogens is 1. The zero-order valence-electron chi connectivity index (χ0n) is 20.6. The van der Waals surface area contributed by atoms with Gasteiger partial charge < -0.3 is 20.3 Å². The number of nitrogens with zero attached hydrogens (tertiary/aromatic N) is 4. The number of benzene rings is 1. The predicted molar refractivity (Wildman–Crippen MR) is 146 cm³/mol. The van der Waals surface area contributed by atoms with Gasteiger partial charge in [0.2, 0.25) is 0 Å². The second-order valence-electron chi connectivity index (χ2n) is 9.29. The van der Waals surface area contributed by atoms with E-state index in [0.29, 0.717) is 50.2 Å². The number of hydrogen-bond acceptors (Lipinski definition) is 7. The van der Waals surface area contributed by atoms with E-state index >= 15 is 0 Å². The highest BCUT2D eigenvalue weighted by atomic mass is 35.5. The molecule has 1 unspecified atom stereocenters. The van der Waals surface area contributed by atoms with Crippen molar-refractivity contribution < 1.29 is 9.53 Å². The first-order chi connectivity index (χ1) is 17.8. The summed E-state index contributed by atoms with van der Waals surface area (Å²) in [4.78, 5) is 23.8. The Morgan fingerprint density at radius 3 is 2.51 bits per heavy atom. The number of hydrogen-bond donors (Lipinski definition) is 3. The van der Waals surface area contributed by atoms with Crippen LogP contribution in [-0.2, 0) is 0 Å². The van der Waals surface area contributed by atoms with Crippen LogP contribution in [0.3, 0.4) is 0 Å². The fourth-order valence-corrected chi connectivity index (χ4v) is 5.34. The van der Waals surface area contributed by atoms with Gasteiger partial charge in [0, 0.05) is 48.5 Å². The van der Waals surface area contributed by atoms with Crippen molar-refractivity contribution in [2.45, 2.75) is 39.0 Å². The van der Waals surface area contributed by atoms with E-state index in [9.17, 15) is 4.79 Å². The van der Waals surface area contributed by atoms with Crippen molar-refractivity contribution in [2.75, 3.05) is 23.3 Å². The van der Waals surface area contributed by atoms with Gasteiger partial charge in [0.15, 0.2) is 5.69 Å². The summed E-state index contributed by atoms with van der Waals surface area (Å²) in [5.41, 5.74) is 2.61. The van der Waals surface area contributed by atoms with E-state index in [0.717, 1.165) is 18.8 Å². The molecule has 5 rings (SSSR count). The molecule has 0 spiro atoms. The molecule has 3 aromatic heterocycles. The largest absolute Gasteiger partial charge is 0.486 e. The molecule has 0 bridgehead atoms. The van der Waals surface area contributed by atoms with Crippen LogP contribution in [-0.4, -0.2) is 51.2 Å². The number of pyridine rings is 2. The maximum Gasteiger partial charge on any atom is 0.277 e. The van der Waals surface area contributed by atoms with E-state index in [1.165, 1.54) is 12.4 Å². The first kappa shape index (κ1) is 25.3. The summed E-state index contributed by atoms with van der Waals surface area (Å²) in [6.45, 7) is 7.98. The highest BCUT2D eigenvalue weighted by Gasteiger charge is 2.22. The van der Waals surface area contributed by atoms with E-state index in [-0.39, 0.29) is 11.6 Å². The topological polar surface area (TPSA) is 108 Å². The molecule has 0 aliphatic carbocycles. The van der Waals surface area contributed by atoms with Gasteiger partial charge in [0.1, 0.15) is 17.7 Å². The minimum absolute atomic E-state index is 0.240. The molecule has 11 heteroatoms. The van der Waals surface area contributed by atoms with Gasteiger partial charge >= 0.3 is 0 Å². The third-order valence-electron chi connectivity index (χ3n) is 6.27. The quantitative estimate of drug-likeness (QED) is 0.307. The number of halogens is 2. The van der Waals surface area contributed by atoms with E-state index in [1.54, 1.807) is 30.5 Å². The van der Waals surface area contributed by atoms with Gasteiger partial charge in [-0.15, -0.1) is 0 Å². The van der Waals surface area contributed by atoms with Crippen LogP contribution in [0.15, 0.2) is 48.9 Å². The van der Waals surface area contributed by atoms with Crippen LogP contribution >= 0.6 is 23.2 Å². The lowest BCUT2D eigenvalue weighted by atomic mass is 10.1. The molecule has 1 amide bonds. The molecule has 3 N–H and O–H groups in total. The van der Waals surface area contributed by atoms with Gasteiger partial charge in [0.25, 0.3) is 5.91 Å². The lowest BCUT2D eigenvalue weighted by molar-refractivity contribution is 0.102. The van der Waals surface area contributed by atoms with E-state index < -0.39 is 6.10 Å². The molecule has 0 radical (unpaired) electrons. The number of anilines is 2. The molecule has 1 aliphatic heterocycles. The highest BCUT2D eigenvalue weighted by molar-refractivity contribution is 6.35. The van der Waals surface area contributed by atoms with Gasteiger partial charge in [0.05, 0.1) is 27.4 Å². The van der Waals surface area contributed by atoms with E-state index in [2.05, 4.69) is 49.5 Å². The summed E-state index contributed by atoms with van der Waals surface area (Å²) >= 11 is 12.5. The standard InChI is InChI=1S/C26H27Cl2N7O2/c1-14-12-35(13-15(2)31-14)17-4-7-23(30-9-17)32-26(36)25-19-8-18(5-6-22(19)33-34-25)37-16(3)24-20(27)10-29-11-21(24)28/h4-11,14-16,31H,12-13H2,1-3H3,(H,33,34)(H,30,32,36)/t14-,15-,16?/m0/s1. The molecule has 1 saturated heterocycles. The molecule has 0 saturated carbocycles. The van der Waals surface area contributed by atoms with Gasteiger partial charge in [-0.25, -0.2) is 4.98 Å². The maximum absolute atomic E-state index is 13.1. The second kappa shape index (κ2) is 10.5. The average molecular weight is 540 g/mol. The van der Waals surface area contributed by atoms with Crippen LogP contribution in [0, 0.1) is 0 Å². The van der Waals surface area contributed by atoms with Crippen molar-refractivity contribution in [3.63, 3.8) is 0 Å². The van der Waals surface area contributed by atoms with Crippen LogP contribution in [0.4, 0.5) is 11.5 Å². The SMILES string of the molecule is CC(Oc1ccc2[nH]nc(C(=O)Nc3ccc(N4C[C@H](C)N[C@@H](C)C4)cn3)c2c1)c1c(Cl)cncc1Cl. The molecule has 192 valence electrons. The Bertz CT molecular complexity index is 1400. The lowest BCUT2D eigenvalue weighted by Gasteiger charge is -2.37. The highest BCUT2D eigenvalue weighted by Crippen LogP contribution is 2.33. The van der Waals surface area contributed by atoms with E-state index in [1.807, 2.05) is 13.0 Å². The number of ether oxygens (including phenoxy) is 1. The molecule has 1 aromatic carbocycles. The lowest BCUT2D eigenvalue weighted by Crippen LogP contribution is -2.54. The summed E-state index contributed by atoms with van der Waals surface area (Å²) < 4.78 is 6.09. The molecule has 37 heavy (non-hydrogen) atoms. The van der Waals surface area contributed by atoms with Crippen LogP contribution in [0.1, 0.15) is 42.9 Å². The molecule has 4 aromatic rings.